The van der Waals surface area contributed by atoms with Crippen molar-refractivity contribution in [3.63, 3.8) is 0 Å². The summed E-state index contributed by atoms with van der Waals surface area (Å²) in [6.45, 7) is 0. The molecule has 3 aromatic heterocycles. The Bertz CT molecular complexity index is 598. The maximum absolute atomic E-state index is 5.35. The summed E-state index contributed by atoms with van der Waals surface area (Å²) in [5.74, 6) is 0.818. The summed E-state index contributed by atoms with van der Waals surface area (Å²) in [6.07, 6.45) is 5.23. The third-order valence-electron chi connectivity index (χ3n) is 2.30. The molecule has 15 heavy (non-hydrogen) atoms. The molecule has 0 saturated carbocycles. The smallest absolute Gasteiger partial charge is 0.151 e. The number of hydrogen-bond acceptors (Lipinski definition) is 2. The number of H-pyrrole nitrogens is 1. The van der Waals surface area contributed by atoms with Crippen LogP contribution in [0.5, 0.6) is 0 Å². The second kappa shape index (κ2) is 3.24. The zero-order chi connectivity index (χ0) is 10.3. The van der Waals surface area contributed by atoms with Crippen molar-refractivity contribution in [2.24, 2.45) is 0 Å². The van der Waals surface area contributed by atoms with Gasteiger partial charge in [0.25, 0.3) is 0 Å². The van der Waals surface area contributed by atoms with E-state index in [1.807, 2.05) is 18.2 Å². The molecule has 1 N–H and O–H groups in total. The van der Waals surface area contributed by atoms with Crippen LogP contribution in [0.25, 0.3) is 22.4 Å². The molecule has 3 aromatic rings. The fourth-order valence-electron chi connectivity index (χ4n) is 1.60. The maximum Gasteiger partial charge on any atom is 0.151 e. The lowest BCUT2D eigenvalue weighted by Crippen LogP contribution is -1.72. The van der Waals surface area contributed by atoms with Gasteiger partial charge in [0.15, 0.2) is 5.76 Å². The number of aromatic nitrogens is 2. The van der Waals surface area contributed by atoms with Crippen LogP contribution in [0.3, 0.4) is 0 Å². The van der Waals surface area contributed by atoms with Gasteiger partial charge in [-0.05, 0) is 34.1 Å². The molecule has 0 aromatic carbocycles. The van der Waals surface area contributed by atoms with Crippen LogP contribution >= 0.6 is 15.9 Å². The van der Waals surface area contributed by atoms with Crippen LogP contribution < -0.4 is 0 Å². The number of pyridine rings is 1. The molecule has 0 aliphatic rings. The zero-order valence-corrected chi connectivity index (χ0v) is 9.28. The molecule has 0 amide bonds. The predicted molar refractivity (Wildman–Crippen MR) is 61.5 cm³/mol. The van der Waals surface area contributed by atoms with Crippen LogP contribution in [-0.2, 0) is 0 Å². The molecule has 0 aliphatic carbocycles. The van der Waals surface area contributed by atoms with E-state index in [9.17, 15) is 0 Å². The van der Waals surface area contributed by atoms with Gasteiger partial charge in [0.1, 0.15) is 0 Å². The van der Waals surface area contributed by atoms with E-state index in [2.05, 4.69) is 25.9 Å². The number of halogens is 1. The van der Waals surface area contributed by atoms with Crippen LogP contribution in [0.4, 0.5) is 0 Å². The van der Waals surface area contributed by atoms with Crippen molar-refractivity contribution >= 4 is 26.8 Å². The Labute approximate surface area is 94.3 Å². The molecular weight excluding hydrogens is 256 g/mol. The van der Waals surface area contributed by atoms with Crippen LogP contribution in [0.2, 0.25) is 0 Å². The molecule has 74 valence electrons. The van der Waals surface area contributed by atoms with Gasteiger partial charge in [-0.1, -0.05) is 0 Å². The largest absolute Gasteiger partial charge is 0.463 e. The average Bonchev–Trinajstić information content (AvgIpc) is 2.87. The Balaban J connectivity index is 2.33. The molecular formula is C11H7BrN2O. The van der Waals surface area contributed by atoms with Crippen molar-refractivity contribution in [2.45, 2.75) is 0 Å². The lowest BCUT2D eigenvalue weighted by Gasteiger charge is -1.91. The molecule has 3 nitrogen and oxygen atoms in total. The van der Waals surface area contributed by atoms with Gasteiger partial charge in [-0.15, -0.1) is 0 Å². The Morgan fingerprint density at radius 3 is 3.00 bits per heavy atom. The second-order valence-electron chi connectivity index (χ2n) is 3.21. The minimum absolute atomic E-state index is 0.818. The monoisotopic (exact) mass is 262 g/mol. The third kappa shape index (κ3) is 1.29. The Hall–Kier alpha value is -1.55. The summed E-state index contributed by atoms with van der Waals surface area (Å²) in [5.41, 5.74) is 1.94. The van der Waals surface area contributed by atoms with E-state index in [1.54, 1.807) is 18.7 Å². The summed E-state index contributed by atoms with van der Waals surface area (Å²) >= 11 is 3.55. The molecule has 0 bridgehead atoms. The summed E-state index contributed by atoms with van der Waals surface area (Å²) in [6, 6.07) is 5.75. The molecule has 0 fully saturated rings. The average molecular weight is 263 g/mol. The van der Waals surface area contributed by atoms with Gasteiger partial charge in [0.2, 0.25) is 0 Å². The molecule has 3 heterocycles. The van der Waals surface area contributed by atoms with Crippen LogP contribution in [0, 0.1) is 0 Å². The summed E-state index contributed by atoms with van der Waals surface area (Å²) in [5, 5.41) is 1.11. The Morgan fingerprint density at radius 1 is 1.33 bits per heavy atom. The predicted octanol–water partition coefficient (Wildman–Crippen LogP) is 3.59. The van der Waals surface area contributed by atoms with Crippen LogP contribution in [0.15, 0.2) is 45.7 Å². The quantitative estimate of drug-likeness (QED) is 0.729. The van der Waals surface area contributed by atoms with Crippen LogP contribution in [0.1, 0.15) is 0 Å². The van der Waals surface area contributed by atoms with Gasteiger partial charge in [0, 0.05) is 11.6 Å². The summed E-state index contributed by atoms with van der Waals surface area (Å²) < 4.78 is 6.36. The molecule has 0 aliphatic heterocycles. The van der Waals surface area contributed by atoms with Gasteiger partial charge < -0.3 is 9.40 Å². The number of aromatic amines is 1. The minimum atomic E-state index is 0.818. The number of fused-ring (bicyclic) bond motifs is 1. The summed E-state index contributed by atoms with van der Waals surface area (Å²) in [4.78, 5) is 7.33. The fraction of sp³-hybridized carbons (Fsp3) is 0. The van der Waals surface area contributed by atoms with Gasteiger partial charge in [-0.2, -0.15) is 0 Å². The second-order valence-corrected chi connectivity index (χ2v) is 4.01. The number of furan rings is 1. The topological polar surface area (TPSA) is 41.8 Å². The first-order valence-electron chi connectivity index (χ1n) is 4.51. The fourth-order valence-corrected chi connectivity index (χ4v) is 2.24. The standard InChI is InChI=1S/C11H7BrN2O/c12-10-7-3-4-13-6-8(7)14-11(10)9-2-1-5-15-9/h1-6,14H. The first-order chi connectivity index (χ1) is 7.36. The Morgan fingerprint density at radius 2 is 2.27 bits per heavy atom. The van der Waals surface area contributed by atoms with Gasteiger partial charge >= 0.3 is 0 Å². The molecule has 0 saturated heterocycles. The highest BCUT2D eigenvalue weighted by atomic mass is 79.9. The molecule has 3 rings (SSSR count). The van der Waals surface area contributed by atoms with E-state index in [-0.39, 0.29) is 0 Å². The van der Waals surface area contributed by atoms with Crippen molar-refractivity contribution in [1.29, 1.82) is 0 Å². The number of nitrogens with zero attached hydrogens (tertiary/aromatic N) is 1. The third-order valence-corrected chi connectivity index (χ3v) is 3.13. The van der Waals surface area contributed by atoms with Gasteiger partial charge in [0.05, 0.1) is 28.1 Å². The maximum atomic E-state index is 5.35. The first kappa shape index (κ1) is 8.73. The molecule has 0 unspecified atom stereocenters. The molecule has 0 radical (unpaired) electrons. The number of hydrogen-bond donors (Lipinski definition) is 1. The van der Waals surface area contributed by atoms with Crippen molar-refractivity contribution < 1.29 is 4.42 Å². The van der Waals surface area contributed by atoms with Gasteiger partial charge in [-0.25, -0.2) is 0 Å². The van der Waals surface area contributed by atoms with Crippen molar-refractivity contribution in [3.05, 3.63) is 41.3 Å². The zero-order valence-electron chi connectivity index (χ0n) is 7.70. The number of nitrogens with one attached hydrogen (secondary N) is 1. The van der Waals surface area contributed by atoms with Gasteiger partial charge in [-0.3, -0.25) is 4.98 Å². The van der Waals surface area contributed by atoms with Crippen LogP contribution in [-0.4, -0.2) is 9.97 Å². The molecule has 4 heteroatoms. The lowest BCUT2D eigenvalue weighted by molar-refractivity contribution is 0.580. The number of rotatable bonds is 1. The van der Waals surface area contributed by atoms with E-state index < -0.39 is 0 Å². The highest BCUT2D eigenvalue weighted by Crippen LogP contribution is 2.34. The van der Waals surface area contributed by atoms with E-state index >= 15 is 0 Å². The SMILES string of the molecule is Brc1c(-c2ccco2)[nH]c2cnccc12. The van der Waals surface area contributed by atoms with E-state index in [0.29, 0.717) is 0 Å². The normalized spacial score (nSPS) is 11.0. The Kier molecular flexibility index (Phi) is 1.89. The van der Waals surface area contributed by atoms with E-state index in [1.165, 1.54) is 0 Å². The highest BCUT2D eigenvalue weighted by Gasteiger charge is 2.12. The molecule has 0 atom stereocenters. The summed E-state index contributed by atoms with van der Waals surface area (Å²) in [7, 11) is 0. The van der Waals surface area contributed by atoms with Crippen molar-refractivity contribution in [3.8, 4) is 11.5 Å². The van der Waals surface area contributed by atoms with Crippen molar-refractivity contribution in [1.82, 2.24) is 9.97 Å². The lowest BCUT2D eigenvalue weighted by atomic mass is 10.3. The molecule has 0 spiro atoms. The van der Waals surface area contributed by atoms with E-state index in [4.69, 9.17) is 4.42 Å². The first-order valence-corrected chi connectivity index (χ1v) is 5.30. The van der Waals surface area contributed by atoms with E-state index in [0.717, 1.165) is 26.8 Å². The highest BCUT2D eigenvalue weighted by molar-refractivity contribution is 9.10. The van der Waals surface area contributed by atoms with Crippen molar-refractivity contribution in [2.75, 3.05) is 0 Å². The minimum Gasteiger partial charge on any atom is -0.463 e.